The fourth-order valence-electron chi connectivity index (χ4n) is 10.6. The number of ether oxygens (including phenoxy) is 2. The molecular formula is C48H51BN2O2. The van der Waals surface area contributed by atoms with Crippen molar-refractivity contribution in [2.45, 2.75) is 100 Å². The molecule has 0 bridgehead atoms. The van der Waals surface area contributed by atoms with E-state index in [1.165, 1.54) is 89.3 Å². The highest BCUT2D eigenvalue weighted by Crippen LogP contribution is 2.53. The minimum Gasteiger partial charge on any atom is -0.454 e. The van der Waals surface area contributed by atoms with E-state index in [2.05, 4.69) is 146 Å². The van der Waals surface area contributed by atoms with Crippen molar-refractivity contribution in [2.75, 3.05) is 16.6 Å². The standard InChI is InChI=1S/C48H51BN2O2/c1-27-15-39-42-40(16-27)51(43-28(2)17-34(18-29(43)3)46(4,5)6)44-36(13-14-41-45(44)53-26-52-41)49(42)37-20-32-24-48(9,10)25-33(32)21-38(37)50(39)35-12-11-30-22-47(7,8)23-31(30)19-35/h11-21H,22-26H2,1-10H3. The minimum absolute atomic E-state index is 0.0454. The summed E-state index contributed by atoms with van der Waals surface area (Å²) in [6.45, 7) is 23.7. The van der Waals surface area contributed by atoms with Crippen molar-refractivity contribution in [3.05, 3.63) is 111 Å². The number of hydrogen-bond donors (Lipinski definition) is 0. The van der Waals surface area contributed by atoms with E-state index >= 15 is 0 Å². The third-order valence-electron chi connectivity index (χ3n) is 12.7. The maximum absolute atomic E-state index is 6.46. The Hall–Kier alpha value is -4.64. The van der Waals surface area contributed by atoms with Gasteiger partial charge < -0.3 is 19.3 Å². The van der Waals surface area contributed by atoms with Gasteiger partial charge in [0.2, 0.25) is 6.79 Å². The average molecular weight is 699 g/mol. The predicted molar refractivity (Wildman–Crippen MR) is 222 cm³/mol. The topological polar surface area (TPSA) is 24.9 Å². The van der Waals surface area contributed by atoms with Crippen LogP contribution >= 0.6 is 0 Å². The van der Waals surface area contributed by atoms with E-state index in [0.29, 0.717) is 0 Å². The van der Waals surface area contributed by atoms with E-state index < -0.39 is 0 Å². The molecule has 10 rings (SSSR count). The molecule has 5 aliphatic rings. The van der Waals surface area contributed by atoms with Gasteiger partial charge >= 0.3 is 0 Å². The second-order valence-corrected chi connectivity index (χ2v) is 19.4. The van der Waals surface area contributed by atoms with Crippen LogP contribution in [-0.2, 0) is 31.1 Å². The van der Waals surface area contributed by atoms with Crippen LogP contribution in [0.25, 0.3) is 0 Å². The van der Waals surface area contributed by atoms with Gasteiger partial charge in [-0.2, -0.15) is 0 Å². The summed E-state index contributed by atoms with van der Waals surface area (Å²) < 4.78 is 12.6. The summed E-state index contributed by atoms with van der Waals surface area (Å²) in [5.41, 5.74) is 23.1. The first-order chi connectivity index (χ1) is 25.1. The van der Waals surface area contributed by atoms with Crippen LogP contribution in [-0.4, -0.2) is 13.5 Å². The Balaban J connectivity index is 1.29. The molecule has 53 heavy (non-hydrogen) atoms. The summed E-state index contributed by atoms with van der Waals surface area (Å²) in [4.78, 5) is 5.15. The molecule has 0 amide bonds. The first-order valence-electron chi connectivity index (χ1n) is 19.6. The molecule has 0 unspecified atom stereocenters. The summed E-state index contributed by atoms with van der Waals surface area (Å²) in [6.07, 6.45) is 4.45. The summed E-state index contributed by atoms with van der Waals surface area (Å²) in [6, 6.07) is 26.6. The molecule has 0 spiro atoms. The lowest BCUT2D eigenvalue weighted by Gasteiger charge is -2.45. The van der Waals surface area contributed by atoms with Crippen LogP contribution in [0.5, 0.6) is 11.5 Å². The normalized spacial score (nSPS) is 18.1. The van der Waals surface area contributed by atoms with Crippen molar-refractivity contribution in [3.63, 3.8) is 0 Å². The van der Waals surface area contributed by atoms with Crippen molar-refractivity contribution < 1.29 is 9.47 Å². The zero-order valence-corrected chi connectivity index (χ0v) is 33.2. The lowest BCUT2D eigenvalue weighted by atomic mass is 9.33. The van der Waals surface area contributed by atoms with E-state index in [0.717, 1.165) is 42.9 Å². The summed E-state index contributed by atoms with van der Waals surface area (Å²) >= 11 is 0. The minimum atomic E-state index is 0.0454. The van der Waals surface area contributed by atoms with Gasteiger partial charge in [0.05, 0.1) is 11.4 Å². The maximum Gasteiger partial charge on any atom is 0.252 e. The Bertz CT molecular complexity index is 2410. The summed E-state index contributed by atoms with van der Waals surface area (Å²) in [7, 11) is 0. The Kier molecular flexibility index (Phi) is 6.68. The van der Waals surface area contributed by atoms with Gasteiger partial charge in [-0.3, -0.25) is 0 Å². The van der Waals surface area contributed by atoms with Gasteiger partial charge in [0.1, 0.15) is 0 Å². The number of hydrogen-bond acceptors (Lipinski definition) is 4. The first kappa shape index (κ1) is 33.0. The van der Waals surface area contributed by atoms with Crippen LogP contribution in [0.4, 0.5) is 34.1 Å². The number of benzene rings is 5. The molecule has 0 saturated carbocycles. The molecule has 268 valence electrons. The van der Waals surface area contributed by atoms with Crippen molar-refractivity contribution in [2.24, 2.45) is 10.8 Å². The van der Waals surface area contributed by atoms with Crippen LogP contribution in [0.3, 0.4) is 0 Å². The molecule has 5 heteroatoms. The number of fused-ring (bicyclic) bond motifs is 8. The predicted octanol–water partition coefficient (Wildman–Crippen LogP) is 9.97. The fraction of sp³-hybridized carbons (Fsp3) is 0.375. The molecule has 5 aromatic carbocycles. The molecule has 5 aromatic rings. The average Bonchev–Trinajstić information content (AvgIpc) is 3.75. The van der Waals surface area contributed by atoms with Gasteiger partial charge in [-0.25, -0.2) is 0 Å². The molecule has 0 atom stereocenters. The Morgan fingerprint density at radius 3 is 1.91 bits per heavy atom. The van der Waals surface area contributed by atoms with E-state index in [4.69, 9.17) is 9.47 Å². The van der Waals surface area contributed by atoms with E-state index in [1.54, 1.807) is 0 Å². The van der Waals surface area contributed by atoms with Crippen molar-refractivity contribution >= 4 is 57.2 Å². The number of anilines is 6. The van der Waals surface area contributed by atoms with E-state index in [9.17, 15) is 0 Å². The summed E-state index contributed by atoms with van der Waals surface area (Å²) in [5, 5.41) is 0. The zero-order valence-electron chi connectivity index (χ0n) is 33.2. The Morgan fingerprint density at radius 1 is 0.604 bits per heavy atom. The Labute approximate surface area is 316 Å². The quantitative estimate of drug-likeness (QED) is 0.168. The number of aryl methyl sites for hydroxylation is 3. The van der Waals surface area contributed by atoms with Crippen molar-refractivity contribution in [1.82, 2.24) is 0 Å². The number of rotatable bonds is 2. The number of nitrogens with zero attached hydrogens (tertiary/aromatic N) is 2. The maximum atomic E-state index is 6.46. The highest BCUT2D eigenvalue weighted by atomic mass is 16.7. The lowest BCUT2D eigenvalue weighted by molar-refractivity contribution is 0.174. The third kappa shape index (κ3) is 4.88. The highest BCUT2D eigenvalue weighted by molar-refractivity contribution is 7.00. The van der Waals surface area contributed by atoms with Gasteiger partial charge in [-0.1, -0.05) is 78.8 Å². The van der Waals surface area contributed by atoms with E-state index in [1.807, 2.05) is 0 Å². The smallest absolute Gasteiger partial charge is 0.252 e. The van der Waals surface area contributed by atoms with Crippen LogP contribution in [0.2, 0.25) is 0 Å². The van der Waals surface area contributed by atoms with E-state index in [-0.39, 0.29) is 29.8 Å². The molecule has 0 saturated heterocycles. The SMILES string of the molecule is Cc1cc2c3c(c1)N(c1c(C)cc(C(C)(C)C)cc1C)c1c(ccc4c1OCO4)B3c1cc3c(cc1N2c1ccc2c(c1)CC(C)(C)C2)CC(C)(C)C3. The second-order valence-electron chi connectivity index (χ2n) is 19.4. The van der Waals surface area contributed by atoms with Gasteiger partial charge in [0.15, 0.2) is 11.5 Å². The molecule has 0 radical (unpaired) electrons. The van der Waals surface area contributed by atoms with Gasteiger partial charge in [0.25, 0.3) is 6.71 Å². The van der Waals surface area contributed by atoms with Crippen LogP contribution in [0.15, 0.2) is 66.7 Å². The first-order valence-corrected chi connectivity index (χ1v) is 19.6. The monoisotopic (exact) mass is 698 g/mol. The van der Waals surface area contributed by atoms with Gasteiger partial charge in [-0.05, 0) is 160 Å². The Morgan fingerprint density at radius 2 is 1.23 bits per heavy atom. The van der Waals surface area contributed by atoms with Crippen molar-refractivity contribution in [3.8, 4) is 11.5 Å². The molecule has 0 aromatic heterocycles. The lowest BCUT2D eigenvalue weighted by Crippen LogP contribution is -2.61. The molecule has 2 aliphatic carbocycles. The van der Waals surface area contributed by atoms with Crippen LogP contribution in [0.1, 0.15) is 93.0 Å². The van der Waals surface area contributed by atoms with Crippen molar-refractivity contribution in [1.29, 1.82) is 0 Å². The summed E-state index contributed by atoms with van der Waals surface area (Å²) in [5.74, 6) is 1.67. The second kappa shape index (κ2) is 10.7. The fourth-order valence-corrected chi connectivity index (χ4v) is 10.6. The van der Waals surface area contributed by atoms with Crippen LogP contribution in [0, 0.1) is 31.6 Å². The molecule has 0 N–H and O–H groups in total. The van der Waals surface area contributed by atoms with Gasteiger partial charge in [0, 0.05) is 22.7 Å². The zero-order chi connectivity index (χ0) is 36.9. The van der Waals surface area contributed by atoms with Gasteiger partial charge in [-0.15, -0.1) is 0 Å². The van der Waals surface area contributed by atoms with Crippen LogP contribution < -0.4 is 35.7 Å². The molecule has 3 heterocycles. The molecule has 0 fully saturated rings. The molecule has 3 aliphatic heterocycles. The highest BCUT2D eigenvalue weighted by Gasteiger charge is 2.47. The third-order valence-corrected chi connectivity index (χ3v) is 12.7. The molecule has 4 nitrogen and oxygen atoms in total. The molecular weight excluding hydrogens is 647 g/mol. The largest absolute Gasteiger partial charge is 0.454 e.